The molecule has 1 fully saturated rings. The topological polar surface area (TPSA) is 55.9 Å². The maximum atomic E-state index is 5.71. The molecule has 0 bridgehead atoms. The van der Waals surface area contributed by atoms with Gasteiger partial charge in [-0.05, 0) is 13.0 Å². The van der Waals surface area contributed by atoms with Crippen molar-refractivity contribution in [2.75, 3.05) is 17.3 Å². The quantitative estimate of drug-likeness (QED) is 0.631. The van der Waals surface area contributed by atoms with E-state index in [0.717, 1.165) is 12.1 Å². The molecule has 2 rings (SSSR count). The Kier molecular flexibility index (Phi) is 4.78. The first-order valence-corrected chi connectivity index (χ1v) is 8.06. The van der Waals surface area contributed by atoms with Gasteiger partial charge in [0.1, 0.15) is 0 Å². The van der Waals surface area contributed by atoms with Crippen LogP contribution in [0.4, 0.5) is 0 Å². The second-order valence-corrected chi connectivity index (χ2v) is 6.86. The molecule has 0 amide bonds. The molecule has 3 N–H and O–H groups in total. The van der Waals surface area contributed by atoms with Crippen molar-refractivity contribution < 1.29 is 0 Å². The molecular weight excluding hydrogens is 252 g/mol. The zero-order valence-corrected chi connectivity index (χ0v) is 12.0. The van der Waals surface area contributed by atoms with E-state index in [9.17, 15) is 0 Å². The Hall–Kier alpha value is -0.170. The van der Waals surface area contributed by atoms with Crippen LogP contribution >= 0.6 is 23.5 Å². The number of aromatic nitrogens is 2. The minimum absolute atomic E-state index is 0.336. The standard InChI is InChI=1S/C11H20N4S2/c1-8-5-9(15(2)14-8)6-10(13-12)11-7-16-3-4-17-11/h5,10-11,13H,3-4,6-7,12H2,1-2H3. The summed E-state index contributed by atoms with van der Waals surface area (Å²) >= 11 is 4.06. The molecule has 0 spiro atoms. The molecule has 4 nitrogen and oxygen atoms in total. The van der Waals surface area contributed by atoms with Crippen LogP contribution in [0.1, 0.15) is 11.4 Å². The summed E-state index contributed by atoms with van der Waals surface area (Å²) in [5.41, 5.74) is 5.31. The maximum absolute atomic E-state index is 5.71. The van der Waals surface area contributed by atoms with Gasteiger partial charge < -0.3 is 0 Å². The van der Waals surface area contributed by atoms with Gasteiger partial charge in [0, 0.05) is 47.7 Å². The van der Waals surface area contributed by atoms with Crippen molar-refractivity contribution in [3.8, 4) is 0 Å². The highest BCUT2D eigenvalue weighted by Gasteiger charge is 2.24. The molecule has 2 atom stereocenters. The van der Waals surface area contributed by atoms with Crippen molar-refractivity contribution in [3.63, 3.8) is 0 Å². The van der Waals surface area contributed by atoms with Gasteiger partial charge in [-0.25, -0.2) is 0 Å². The largest absolute Gasteiger partial charge is 0.272 e. The van der Waals surface area contributed by atoms with Gasteiger partial charge in [0.2, 0.25) is 0 Å². The van der Waals surface area contributed by atoms with Crippen LogP contribution in [-0.2, 0) is 13.5 Å². The number of hydrazine groups is 1. The monoisotopic (exact) mass is 272 g/mol. The number of nitrogens with two attached hydrogens (primary N) is 1. The number of thioether (sulfide) groups is 2. The van der Waals surface area contributed by atoms with Crippen molar-refractivity contribution in [1.82, 2.24) is 15.2 Å². The van der Waals surface area contributed by atoms with E-state index in [-0.39, 0.29) is 0 Å². The lowest BCUT2D eigenvalue weighted by Gasteiger charge is -2.28. The van der Waals surface area contributed by atoms with Gasteiger partial charge in [-0.2, -0.15) is 28.6 Å². The van der Waals surface area contributed by atoms with Crippen LogP contribution in [0.15, 0.2) is 6.07 Å². The van der Waals surface area contributed by atoms with E-state index in [1.54, 1.807) is 0 Å². The summed E-state index contributed by atoms with van der Waals surface area (Å²) in [6.07, 6.45) is 0.950. The summed E-state index contributed by atoms with van der Waals surface area (Å²) in [6, 6.07) is 2.48. The lowest BCUT2D eigenvalue weighted by Crippen LogP contribution is -2.46. The summed E-state index contributed by atoms with van der Waals surface area (Å²) < 4.78 is 1.96. The normalized spacial score (nSPS) is 22.6. The molecule has 17 heavy (non-hydrogen) atoms. The van der Waals surface area contributed by atoms with E-state index in [4.69, 9.17) is 5.84 Å². The fourth-order valence-corrected chi connectivity index (χ4v) is 4.99. The first-order valence-electron chi connectivity index (χ1n) is 5.85. The number of aryl methyl sites for hydroxylation is 2. The fraction of sp³-hybridized carbons (Fsp3) is 0.727. The third-order valence-corrected chi connectivity index (χ3v) is 5.95. The van der Waals surface area contributed by atoms with Crippen LogP contribution in [-0.4, -0.2) is 38.3 Å². The Morgan fingerprint density at radius 2 is 2.47 bits per heavy atom. The fourth-order valence-electron chi connectivity index (χ4n) is 2.12. The van der Waals surface area contributed by atoms with Crippen molar-refractivity contribution >= 4 is 23.5 Å². The van der Waals surface area contributed by atoms with E-state index < -0.39 is 0 Å². The van der Waals surface area contributed by atoms with Crippen molar-refractivity contribution in [3.05, 3.63) is 17.5 Å². The molecule has 1 aromatic rings. The van der Waals surface area contributed by atoms with Crippen molar-refractivity contribution in [1.29, 1.82) is 0 Å². The Bertz CT molecular complexity index is 360. The minimum Gasteiger partial charge on any atom is -0.272 e. The molecule has 1 saturated heterocycles. The summed E-state index contributed by atoms with van der Waals surface area (Å²) in [6.45, 7) is 2.03. The smallest absolute Gasteiger partial charge is 0.0596 e. The van der Waals surface area contributed by atoms with Gasteiger partial charge in [-0.1, -0.05) is 0 Å². The molecule has 0 aromatic carbocycles. The molecule has 0 saturated carbocycles. The number of hydrogen-bond acceptors (Lipinski definition) is 5. The van der Waals surface area contributed by atoms with Gasteiger partial charge in [0.05, 0.1) is 5.69 Å². The average molecular weight is 272 g/mol. The second kappa shape index (κ2) is 6.13. The van der Waals surface area contributed by atoms with E-state index in [2.05, 4.69) is 16.6 Å². The van der Waals surface area contributed by atoms with E-state index in [1.165, 1.54) is 23.0 Å². The van der Waals surface area contributed by atoms with Gasteiger partial charge in [0.25, 0.3) is 0 Å². The molecule has 0 aliphatic carbocycles. The molecular formula is C11H20N4S2. The van der Waals surface area contributed by atoms with E-state index in [1.807, 2.05) is 42.2 Å². The molecule has 1 aromatic heterocycles. The van der Waals surface area contributed by atoms with Gasteiger partial charge in [-0.15, -0.1) is 0 Å². The lowest BCUT2D eigenvalue weighted by molar-refractivity contribution is 0.506. The van der Waals surface area contributed by atoms with Crippen molar-refractivity contribution in [2.45, 2.75) is 24.6 Å². The lowest BCUT2D eigenvalue weighted by atomic mass is 10.1. The molecule has 2 heterocycles. The van der Waals surface area contributed by atoms with E-state index in [0.29, 0.717) is 11.3 Å². The highest BCUT2D eigenvalue weighted by molar-refractivity contribution is 8.06. The number of nitrogens with one attached hydrogen (secondary N) is 1. The molecule has 6 heteroatoms. The Morgan fingerprint density at radius 1 is 1.65 bits per heavy atom. The van der Waals surface area contributed by atoms with Crippen LogP contribution in [0.3, 0.4) is 0 Å². The molecule has 2 unspecified atom stereocenters. The maximum Gasteiger partial charge on any atom is 0.0596 e. The number of nitrogens with zero attached hydrogens (tertiary/aromatic N) is 2. The molecule has 1 aliphatic heterocycles. The van der Waals surface area contributed by atoms with Crippen LogP contribution in [0.25, 0.3) is 0 Å². The highest BCUT2D eigenvalue weighted by Crippen LogP contribution is 2.27. The van der Waals surface area contributed by atoms with Gasteiger partial charge in [-0.3, -0.25) is 16.0 Å². The summed E-state index contributed by atoms with van der Waals surface area (Å²) in [5, 5.41) is 4.99. The third-order valence-electron chi connectivity index (χ3n) is 3.03. The zero-order valence-electron chi connectivity index (χ0n) is 10.3. The van der Waals surface area contributed by atoms with E-state index >= 15 is 0 Å². The van der Waals surface area contributed by atoms with Crippen LogP contribution in [0.5, 0.6) is 0 Å². The second-order valence-electron chi connectivity index (χ2n) is 4.36. The zero-order chi connectivity index (χ0) is 12.3. The Morgan fingerprint density at radius 3 is 3.00 bits per heavy atom. The first-order chi connectivity index (χ1) is 8.20. The van der Waals surface area contributed by atoms with Crippen molar-refractivity contribution in [2.24, 2.45) is 12.9 Å². The Balaban J connectivity index is 2.01. The van der Waals surface area contributed by atoms with Crippen LogP contribution in [0, 0.1) is 6.92 Å². The average Bonchev–Trinajstić information content (AvgIpc) is 2.66. The van der Waals surface area contributed by atoms with Gasteiger partial charge in [0.15, 0.2) is 0 Å². The molecule has 0 radical (unpaired) electrons. The summed E-state index contributed by atoms with van der Waals surface area (Å²) in [5.74, 6) is 9.40. The predicted octanol–water partition coefficient (Wildman–Crippen LogP) is 0.952. The highest BCUT2D eigenvalue weighted by atomic mass is 32.2. The first kappa shape index (κ1) is 13.3. The van der Waals surface area contributed by atoms with Crippen LogP contribution in [0.2, 0.25) is 0 Å². The summed E-state index contributed by atoms with van der Waals surface area (Å²) in [7, 11) is 2.00. The third kappa shape index (κ3) is 3.40. The molecule has 1 aliphatic rings. The Labute approximate surface area is 111 Å². The number of hydrogen-bond donors (Lipinski definition) is 2. The van der Waals surface area contributed by atoms with Gasteiger partial charge >= 0.3 is 0 Å². The SMILES string of the molecule is Cc1cc(CC(NN)C2CSCCS2)n(C)n1. The summed E-state index contributed by atoms with van der Waals surface area (Å²) in [4.78, 5) is 0. The van der Waals surface area contributed by atoms with Crippen LogP contribution < -0.4 is 11.3 Å². The molecule has 96 valence electrons. The minimum atomic E-state index is 0.336. The number of rotatable bonds is 4. The predicted molar refractivity (Wildman–Crippen MR) is 76.3 cm³/mol.